The minimum absolute atomic E-state index is 0.0612. The number of para-hydroxylation sites is 1. The third-order valence-electron chi connectivity index (χ3n) is 7.80. The SMILES string of the molecule is CCCc1c(OCCCOc2cc(O)c(-c3cnc(S(=O)(=O)Cc4ccccc4)[nH]3)cc2CC)cccc1Oc1ccccc1C(=O)OC. The lowest BCUT2D eigenvalue weighted by Gasteiger charge is -2.17. The van der Waals surface area contributed by atoms with Gasteiger partial charge in [0.1, 0.15) is 34.3 Å². The van der Waals surface area contributed by atoms with Crippen LogP contribution in [0.25, 0.3) is 11.3 Å². The topological polar surface area (TPSA) is 137 Å². The first kappa shape index (κ1) is 35.0. The second-order valence-corrected chi connectivity index (χ2v) is 13.2. The van der Waals surface area contributed by atoms with E-state index in [9.17, 15) is 18.3 Å². The smallest absolute Gasteiger partial charge is 0.341 e. The number of esters is 1. The van der Waals surface area contributed by atoms with Gasteiger partial charge in [0, 0.05) is 23.6 Å². The van der Waals surface area contributed by atoms with Crippen LogP contribution in [0.5, 0.6) is 28.7 Å². The van der Waals surface area contributed by atoms with E-state index < -0.39 is 15.8 Å². The van der Waals surface area contributed by atoms with Crippen molar-refractivity contribution in [2.24, 2.45) is 0 Å². The lowest BCUT2D eigenvalue weighted by molar-refractivity contribution is 0.0598. The minimum Gasteiger partial charge on any atom is -0.507 e. The van der Waals surface area contributed by atoms with Gasteiger partial charge in [-0.05, 0) is 54.3 Å². The number of phenols is 1. The molecule has 2 N–H and O–H groups in total. The zero-order chi connectivity index (χ0) is 34.8. The van der Waals surface area contributed by atoms with Crippen molar-refractivity contribution in [2.45, 2.75) is 50.4 Å². The fourth-order valence-electron chi connectivity index (χ4n) is 5.35. The Morgan fingerprint density at radius 1 is 0.857 bits per heavy atom. The van der Waals surface area contributed by atoms with Crippen LogP contribution >= 0.6 is 0 Å². The molecule has 49 heavy (non-hydrogen) atoms. The van der Waals surface area contributed by atoms with E-state index in [1.165, 1.54) is 13.3 Å². The van der Waals surface area contributed by atoms with E-state index >= 15 is 0 Å². The molecule has 0 bridgehead atoms. The number of hydrogen-bond acceptors (Lipinski definition) is 9. The molecule has 5 aromatic rings. The Hall–Kier alpha value is -5.29. The Bertz CT molecular complexity index is 1990. The van der Waals surface area contributed by atoms with Gasteiger partial charge in [0.05, 0.1) is 38.0 Å². The highest BCUT2D eigenvalue weighted by Gasteiger charge is 2.22. The van der Waals surface area contributed by atoms with Crippen LogP contribution in [0.1, 0.15) is 53.7 Å². The molecule has 4 aromatic carbocycles. The Morgan fingerprint density at radius 2 is 1.55 bits per heavy atom. The molecular formula is C38H40N2O8S. The molecule has 256 valence electrons. The summed E-state index contributed by atoms with van der Waals surface area (Å²) in [4.78, 5) is 19.2. The van der Waals surface area contributed by atoms with Crippen LogP contribution in [0.4, 0.5) is 0 Å². The molecule has 0 aliphatic carbocycles. The first-order valence-electron chi connectivity index (χ1n) is 16.1. The van der Waals surface area contributed by atoms with Gasteiger partial charge in [-0.15, -0.1) is 0 Å². The number of methoxy groups -OCH3 is 1. The average Bonchev–Trinajstić information content (AvgIpc) is 3.61. The monoisotopic (exact) mass is 684 g/mol. The fourth-order valence-corrected chi connectivity index (χ4v) is 6.60. The number of rotatable bonds is 16. The van der Waals surface area contributed by atoms with Crippen molar-refractivity contribution >= 4 is 15.8 Å². The summed E-state index contributed by atoms with van der Waals surface area (Å²) < 4.78 is 49.2. The minimum atomic E-state index is -3.71. The number of carbonyl (C=O) groups excluding carboxylic acids is 1. The van der Waals surface area contributed by atoms with E-state index in [2.05, 4.69) is 16.9 Å². The van der Waals surface area contributed by atoms with Crippen LogP contribution in [0.3, 0.4) is 0 Å². The number of benzene rings is 4. The van der Waals surface area contributed by atoms with Gasteiger partial charge >= 0.3 is 5.97 Å². The lowest BCUT2D eigenvalue weighted by Crippen LogP contribution is -2.08. The zero-order valence-corrected chi connectivity index (χ0v) is 28.6. The summed E-state index contributed by atoms with van der Waals surface area (Å²) in [7, 11) is -2.38. The molecule has 0 aliphatic heterocycles. The van der Waals surface area contributed by atoms with Gasteiger partial charge in [-0.3, -0.25) is 0 Å². The van der Waals surface area contributed by atoms with Crippen molar-refractivity contribution in [3.63, 3.8) is 0 Å². The van der Waals surface area contributed by atoms with E-state index in [1.54, 1.807) is 60.7 Å². The Kier molecular flexibility index (Phi) is 11.6. The van der Waals surface area contributed by atoms with E-state index in [-0.39, 0.29) is 16.7 Å². The van der Waals surface area contributed by atoms with Crippen LogP contribution < -0.4 is 14.2 Å². The third-order valence-corrected chi connectivity index (χ3v) is 9.31. The molecule has 0 saturated heterocycles. The van der Waals surface area contributed by atoms with Gasteiger partial charge in [0.2, 0.25) is 15.0 Å². The average molecular weight is 685 g/mol. The Labute approximate surface area is 286 Å². The van der Waals surface area contributed by atoms with Gasteiger partial charge in [-0.1, -0.05) is 68.8 Å². The quantitative estimate of drug-likeness (QED) is 0.0791. The lowest BCUT2D eigenvalue weighted by atomic mass is 10.0. The second kappa shape index (κ2) is 16.2. The molecule has 0 fully saturated rings. The predicted molar refractivity (Wildman–Crippen MR) is 186 cm³/mol. The van der Waals surface area contributed by atoms with E-state index in [4.69, 9.17) is 18.9 Å². The predicted octanol–water partition coefficient (Wildman–Crippen LogP) is 7.70. The first-order valence-corrected chi connectivity index (χ1v) is 17.8. The number of carbonyl (C=O) groups is 1. The number of aromatic amines is 1. The number of ether oxygens (including phenoxy) is 4. The van der Waals surface area contributed by atoms with Crippen molar-refractivity contribution in [1.29, 1.82) is 0 Å². The van der Waals surface area contributed by atoms with Gasteiger partial charge < -0.3 is 29.0 Å². The van der Waals surface area contributed by atoms with E-state index in [0.717, 1.165) is 17.5 Å². The molecule has 0 unspecified atom stereocenters. The molecule has 1 heterocycles. The van der Waals surface area contributed by atoms with Crippen LogP contribution in [0, 0.1) is 0 Å². The standard InChI is InChI=1S/C38H40N2O8S/c1-4-13-28-33(18-11-19-34(28)48-35-17-10-9-16-29(35)37(42)45-3)46-20-12-21-47-36-23-32(41)30(22-27(36)5-2)31-24-39-38(40-31)49(43,44)25-26-14-7-6-8-15-26/h6-11,14-19,22-24,41H,4-5,12-13,20-21,25H2,1-3H3,(H,39,40). The molecule has 0 amide bonds. The number of aromatic hydroxyl groups is 1. The summed E-state index contributed by atoms with van der Waals surface area (Å²) in [5, 5.41) is 10.7. The molecule has 10 nitrogen and oxygen atoms in total. The number of phenolic OH excluding ortho intramolecular Hbond substituents is 1. The molecule has 0 saturated carbocycles. The van der Waals surface area contributed by atoms with E-state index in [0.29, 0.717) is 77.9 Å². The molecule has 0 aliphatic rings. The molecule has 0 spiro atoms. The first-order chi connectivity index (χ1) is 23.7. The largest absolute Gasteiger partial charge is 0.507 e. The van der Waals surface area contributed by atoms with Gasteiger partial charge in [0.15, 0.2) is 0 Å². The number of aryl methyl sites for hydroxylation is 1. The summed E-state index contributed by atoms with van der Waals surface area (Å²) >= 11 is 0. The molecule has 1 aromatic heterocycles. The molecule has 5 rings (SSSR count). The van der Waals surface area contributed by atoms with Crippen LogP contribution in [0.15, 0.2) is 96.3 Å². The van der Waals surface area contributed by atoms with Gasteiger partial charge in [0.25, 0.3) is 0 Å². The highest BCUT2D eigenvalue weighted by Crippen LogP contribution is 2.37. The maximum Gasteiger partial charge on any atom is 0.341 e. The highest BCUT2D eigenvalue weighted by atomic mass is 32.2. The van der Waals surface area contributed by atoms with Crippen LogP contribution in [-0.4, -0.2) is 49.8 Å². The maximum absolute atomic E-state index is 12.9. The maximum atomic E-state index is 12.9. The number of aromatic nitrogens is 2. The Balaban J connectivity index is 1.22. The summed E-state index contributed by atoms with van der Waals surface area (Å²) in [6.45, 7) is 4.76. The van der Waals surface area contributed by atoms with Crippen molar-refractivity contribution in [2.75, 3.05) is 20.3 Å². The van der Waals surface area contributed by atoms with Gasteiger partial charge in [-0.25, -0.2) is 18.2 Å². The van der Waals surface area contributed by atoms with Crippen molar-refractivity contribution in [3.05, 3.63) is 113 Å². The summed E-state index contributed by atoms with van der Waals surface area (Å²) in [6, 6.07) is 24.8. The number of sulfone groups is 1. The number of nitrogens with zero attached hydrogens (tertiary/aromatic N) is 1. The molecule has 0 atom stereocenters. The Morgan fingerprint density at radius 3 is 2.29 bits per heavy atom. The third kappa shape index (κ3) is 8.60. The fraction of sp³-hybridized carbons (Fsp3) is 0.263. The summed E-state index contributed by atoms with van der Waals surface area (Å²) in [5.74, 6) is 1.51. The molecule has 11 heteroatoms. The second-order valence-electron chi connectivity index (χ2n) is 11.3. The normalized spacial score (nSPS) is 11.2. The van der Waals surface area contributed by atoms with Crippen LogP contribution in [0.2, 0.25) is 0 Å². The summed E-state index contributed by atoms with van der Waals surface area (Å²) in [5.41, 5.74) is 3.56. The number of nitrogens with one attached hydrogen (secondary N) is 1. The van der Waals surface area contributed by atoms with Crippen molar-refractivity contribution < 1.29 is 37.3 Å². The zero-order valence-electron chi connectivity index (χ0n) is 27.8. The van der Waals surface area contributed by atoms with Crippen LogP contribution in [-0.2, 0) is 33.2 Å². The number of imidazole rings is 1. The van der Waals surface area contributed by atoms with E-state index in [1.807, 2.05) is 31.2 Å². The number of hydrogen-bond donors (Lipinski definition) is 2. The highest BCUT2D eigenvalue weighted by molar-refractivity contribution is 7.90. The van der Waals surface area contributed by atoms with Crippen molar-refractivity contribution in [1.82, 2.24) is 9.97 Å². The van der Waals surface area contributed by atoms with Gasteiger partial charge in [-0.2, -0.15) is 0 Å². The summed E-state index contributed by atoms with van der Waals surface area (Å²) in [6.07, 6.45) is 4.18. The molecular weight excluding hydrogens is 644 g/mol. The molecule has 0 radical (unpaired) electrons. The van der Waals surface area contributed by atoms with Crippen molar-refractivity contribution in [3.8, 4) is 40.0 Å². The number of H-pyrrole nitrogens is 1.